The summed E-state index contributed by atoms with van der Waals surface area (Å²) in [6, 6.07) is 4.96. The van der Waals surface area contributed by atoms with E-state index in [4.69, 9.17) is 0 Å². The normalized spacial score (nSPS) is 12.1. The van der Waals surface area contributed by atoms with Crippen molar-refractivity contribution in [2.45, 2.75) is 26.3 Å². The molecular weight excluding hydrogens is 360 g/mol. The molecule has 0 aromatic carbocycles. The van der Waals surface area contributed by atoms with Gasteiger partial charge in [-0.25, -0.2) is 9.66 Å². The van der Waals surface area contributed by atoms with E-state index in [2.05, 4.69) is 15.7 Å². The van der Waals surface area contributed by atoms with Crippen molar-refractivity contribution in [2.24, 2.45) is 0 Å². The second kappa shape index (κ2) is 7.16. The Bertz CT molecular complexity index is 975. The van der Waals surface area contributed by atoms with Crippen molar-refractivity contribution in [3.63, 3.8) is 0 Å². The van der Waals surface area contributed by atoms with E-state index in [0.717, 1.165) is 9.55 Å². The van der Waals surface area contributed by atoms with Crippen molar-refractivity contribution >= 4 is 44.7 Å². The first-order valence-electron chi connectivity index (χ1n) is 7.53. The first-order chi connectivity index (χ1) is 12.0. The number of carbonyl (C=O) groups is 2. The van der Waals surface area contributed by atoms with Gasteiger partial charge in [0.2, 0.25) is 11.8 Å². The molecule has 0 aliphatic heterocycles. The van der Waals surface area contributed by atoms with Crippen LogP contribution >= 0.6 is 22.7 Å². The highest BCUT2D eigenvalue weighted by molar-refractivity contribution is 7.16. The maximum Gasteiger partial charge on any atom is 0.281 e. The number of nitrogens with zero attached hydrogens (tertiary/aromatic N) is 2. The van der Waals surface area contributed by atoms with Crippen LogP contribution in [0.4, 0.5) is 0 Å². The van der Waals surface area contributed by atoms with Gasteiger partial charge >= 0.3 is 0 Å². The third-order valence-corrected chi connectivity index (χ3v) is 5.35. The Kier molecular flexibility index (Phi) is 4.95. The Hall–Kier alpha value is -2.52. The molecule has 0 radical (unpaired) electrons. The molecule has 0 fully saturated rings. The smallest absolute Gasteiger partial charge is 0.281 e. The fraction of sp³-hybridized carbons (Fsp3) is 0.250. The van der Waals surface area contributed by atoms with Gasteiger partial charge in [-0.15, -0.1) is 22.7 Å². The molecule has 9 heteroatoms. The summed E-state index contributed by atoms with van der Waals surface area (Å²) in [5.41, 5.74) is 2.27. The fourth-order valence-corrected chi connectivity index (χ4v) is 4.04. The Morgan fingerprint density at radius 2 is 2.08 bits per heavy atom. The lowest BCUT2D eigenvalue weighted by atomic mass is 10.1. The number of rotatable bonds is 5. The third kappa shape index (κ3) is 3.77. The molecule has 3 heterocycles. The van der Waals surface area contributed by atoms with Crippen LogP contribution in [0.15, 0.2) is 33.8 Å². The molecule has 3 rings (SSSR count). The first kappa shape index (κ1) is 17.3. The molecule has 0 saturated carbocycles. The number of nitrogens with one attached hydrogen (secondary N) is 2. The van der Waals surface area contributed by atoms with E-state index in [1.165, 1.54) is 29.6 Å². The van der Waals surface area contributed by atoms with E-state index in [1.807, 2.05) is 17.5 Å². The van der Waals surface area contributed by atoms with Gasteiger partial charge in [0.25, 0.3) is 5.56 Å². The van der Waals surface area contributed by atoms with E-state index in [1.54, 1.807) is 18.4 Å². The third-order valence-electron chi connectivity index (χ3n) is 3.56. The number of hydrogen-bond donors (Lipinski definition) is 2. The molecule has 7 nitrogen and oxygen atoms in total. The van der Waals surface area contributed by atoms with Crippen LogP contribution in [-0.4, -0.2) is 21.5 Å². The molecule has 0 spiro atoms. The van der Waals surface area contributed by atoms with Crippen molar-refractivity contribution in [1.82, 2.24) is 15.0 Å². The molecule has 2 amide bonds. The molecule has 130 valence electrons. The van der Waals surface area contributed by atoms with Crippen LogP contribution in [0.25, 0.3) is 10.2 Å². The van der Waals surface area contributed by atoms with E-state index in [-0.39, 0.29) is 23.8 Å². The van der Waals surface area contributed by atoms with Gasteiger partial charge in [-0.2, -0.15) is 0 Å². The van der Waals surface area contributed by atoms with Gasteiger partial charge in [0, 0.05) is 11.8 Å². The van der Waals surface area contributed by atoms with Crippen molar-refractivity contribution in [1.29, 1.82) is 0 Å². The summed E-state index contributed by atoms with van der Waals surface area (Å²) in [6.07, 6.45) is 0.0215. The van der Waals surface area contributed by atoms with Crippen LogP contribution in [0.1, 0.15) is 30.1 Å². The average Bonchev–Trinajstić information content (AvgIpc) is 3.21. The van der Waals surface area contributed by atoms with Crippen molar-refractivity contribution in [3.05, 3.63) is 50.0 Å². The highest BCUT2D eigenvalue weighted by atomic mass is 32.1. The predicted molar refractivity (Wildman–Crippen MR) is 98.5 cm³/mol. The molecule has 0 aliphatic carbocycles. The van der Waals surface area contributed by atoms with E-state index in [9.17, 15) is 14.4 Å². The van der Waals surface area contributed by atoms with Crippen LogP contribution < -0.4 is 16.3 Å². The summed E-state index contributed by atoms with van der Waals surface area (Å²) in [5, 5.41) is 6.89. The number of thiophene rings is 2. The van der Waals surface area contributed by atoms with Crippen LogP contribution in [0.5, 0.6) is 0 Å². The summed E-state index contributed by atoms with van der Waals surface area (Å²) in [4.78, 5) is 42.2. The van der Waals surface area contributed by atoms with Gasteiger partial charge in [0.15, 0.2) is 0 Å². The second-order valence-electron chi connectivity index (χ2n) is 5.45. The maximum absolute atomic E-state index is 12.5. The van der Waals surface area contributed by atoms with Crippen molar-refractivity contribution in [3.8, 4) is 0 Å². The topological polar surface area (TPSA) is 93.1 Å². The van der Waals surface area contributed by atoms with Crippen LogP contribution in [0.3, 0.4) is 0 Å². The van der Waals surface area contributed by atoms with Crippen LogP contribution in [-0.2, 0) is 9.59 Å². The molecule has 1 unspecified atom stereocenters. The fourth-order valence-electron chi connectivity index (χ4n) is 2.46. The van der Waals surface area contributed by atoms with E-state index < -0.39 is 6.04 Å². The summed E-state index contributed by atoms with van der Waals surface area (Å²) in [5.74, 6) is -0.199. The largest absolute Gasteiger partial charge is 0.348 e. The molecule has 2 N–H and O–H groups in total. The number of amides is 2. The Morgan fingerprint density at radius 3 is 2.76 bits per heavy atom. The van der Waals surface area contributed by atoms with Gasteiger partial charge in [0.05, 0.1) is 17.8 Å². The number of aryl methyl sites for hydroxylation is 1. The summed E-state index contributed by atoms with van der Waals surface area (Å²) >= 11 is 2.83. The minimum absolute atomic E-state index is 0.0215. The van der Waals surface area contributed by atoms with Gasteiger partial charge in [-0.1, -0.05) is 6.07 Å². The lowest BCUT2D eigenvalue weighted by molar-refractivity contribution is -0.120. The summed E-state index contributed by atoms with van der Waals surface area (Å²) in [7, 11) is 0. The highest BCUT2D eigenvalue weighted by Gasteiger charge is 2.19. The van der Waals surface area contributed by atoms with Crippen LogP contribution in [0, 0.1) is 6.92 Å². The van der Waals surface area contributed by atoms with E-state index in [0.29, 0.717) is 16.0 Å². The monoisotopic (exact) mass is 376 g/mol. The first-order valence-corrected chi connectivity index (χ1v) is 9.29. The maximum atomic E-state index is 12.5. The highest BCUT2D eigenvalue weighted by Crippen LogP contribution is 2.22. The zero-order valence-corrected chi connectivity index (χ0v) is 15.2. The predicted octanol–water partition coefficient (Wildman–Crippen LogP) is 2.17. The number of hydrogen-bond acceptors (Lipinski definition) is 6. The van der Waals surface area contributed by atoms with Gasteiger partial charge in [-0.05, 0) is 29.8 Å². The van der Waals surface area contributed by atoms with E-state index >= 15 is 0 Å². The summed E-state index contributed by atoms with van der Waals surface area (Å²) in [6.45, 7) is 3.06. The molecular formula is C16H16N4O3S2. The lowest BCUT2D eigenvalue weighted by Gasteiger charge is -2.17. The average molecular weight is 376 g/mol. The van der Waals surface area contributed by atoms with Gasteiger partial charge < -0.3 is 5.32 Å². The SMILES string of the molecule is CC(=O)NC(CC(=O)Nn1c(C)nc2sccc2c1=O)c1cccs1. The molecule has 0 bridgehead atoms. The van der Waals surface area contributed by atoms with Crippen LogP contribution in [0.2, 0.25) is 0 Å². The molecule has 3 aromatic rings. The van der Waals surface area contributed by atoms with Gasteiger partial charge in [-0.3, -0.25) is 19.8 Å². The van der Waals surface area contributed by atoms with Crippen molar-refractivity contribution in [2.75, 3.05) is 5.43 Å². The number of fused-ring (bicyclic) bond motifs is 1. The minimum atomic E-state index is -0.439. The van der Waals surface area contributed by atoms with Crippen molar-refractivity contribution < 1.29 is 9.59 Å². The molecule has 25 heavy (non-hydrogen) atoms. The van der Waals surface area contributed by atoms with Gasteiger partial charge in [0.1, 0.15) is 10.7 Å². The minimum Gasteiger partial charge on any atom is -0.348 e. The Labute approximate surface area is 151 Å². The zero-order chi connectivity index (χ0) is 18.0. The molecule has 0 saturated heterocycles. The second-order valence-corrected chi connectivity index (χ2v) is 7.32. The molecule has 1 atom stereocenters. The summed E-state index contributed by atoms with van der Waals surface area (Å²) < 4.78 is 1.15. The zero-order valence-electron chi connectivity index (χ0n) is 13.6. The number of aromatic nitrogens is 2. The standard InChI is InChI=1S/C16H16N4O3S2/c1-9-17-15-11(5-7-25-15)16(23)20(9)19-14(22)8-12(18-10(2)21)13-4-3-6-24-13/h3-7,12H,8H2,1-2H3,(H,18,21)(H,19,22). The molecule has 0 aliphatic rings. The quantitative estimate of drug-likeness (QED) is 0.714. The number of carbonyl (C=O) groups excluding carboxylic acids is 2. The molecule has 3 aromatic heterocycles. The Morgan fingerprint density at radius 1 is 1.28 bits per heavy atom. The Balaban J connectivity index is 1.82. The lowest BCUT2D eigenvalue weighted by Crippen LogP contribution is -2.37.